The number of carbonyl (C=O) groups is 1. The van der Waals surface area contributed by atoms with Gasteiger partial charge in [0.2, 0.25) is 0 Å². The molecule has 1 aliphatic heterocycles. The molecular weight excluding hydrogens is 489 g/mol. The van der Waals surface area contributed by atoms with Crippen molar-refractivity contribution in [3.05, 3.63) is 100 Å². The number of benzene rings is 3. The summed E-state index contributed by atoms with van der Waals surface area (Å²) in [4.78, 5) is 15.2. The van der Waals surface area contributed by atoms with Gasteiger partial charge in [0.1, 0.15) is 12.4 Å². The number of likely N-dealkylation sites (tertiary alicyclic amines) is 1. The molecule has 1 aliphatic rings. The summed E-state index contributed by atoms with van der Waals surface area (Å²) in [6.07, 6.45) is -1.88. The molecule has 0 radical (unpaired) electrons. The Hall–Kier alpha value is -3.03. The molecule has 0 spiro atoms. The summed E-state index contributed by atoms with van der Waals surface area (Å²) in [5, 5.41) is 2.27. The van der Waals surface area contributed by atoms with Gasteiger partial charge in [0, 0.05) is 6.54 Å². The van der Waals surface area contributed by atoms with E-state index in [0.717, 1.165) is 43.0 Å². The zero-order chi connectivity index (χ0) is 25.8. The topological polar surface area (TPSA) is 41.6 Å². The number of likely N-dealkylation sites (N-methyl/N-ethyl adjacent to an activating group) is 1. The number of rotatable bonds is 7. The fourth-order valence-electron chi connectivity index (χ4n) is 4.73. The monoisotopic (exact) mass is 516 g/mol. The second-order valence-electron chi connectivity index (χ2n) is 9.06. The van der Waals surface area contributed by atoms with Crippen LogP contribution >= 0.6 is 11.6 Å². The maximum atomic E-state index is 13.3. The van der Waals surface area contributed by atoms with Crippen LogP contribution in [-0.2, 0) is 18.3 Å². The quantitative estimate of drug-likeness (QED) is 0.381. The van der Waals surface area contributed by atoms with Gasteiger partial charge in [-0.15, -0.1) is 0 Å². The SMILES string of the molecule is CN1CCCC[C@@]1(CNC(=O)c1cccc(C(F)(F)F)c1Cl)c1cccc(OCc2ccccc2)c1. The lowest BCUT2D eigenvalue weighted by atomic mass is 9.80. The number of carbonyl (C=O) groups excluding carboxylic acids is 1. The average Bonchev–Trinajstić information content (AvgIpc) is 2.87. The Balaban J connectivity index is 1.56. The van der Waals surface area contributed by atoms with E-state index in [1.54, 1.807) is 0 Å². The van der Waals surface area contributed by atoms with Crippen LogP contribution in [0.1, 0.15) is 46.3 Å². The molecule has 4 nitrogen and oxygen atoms in total. The standard InChI is InChI=1S/C28H28ClF3N2O2/c1-34-16-6-5-15-27(34,19-33-26(35)23-13-8-14-24(25(23)29)28(30,31)32)21-11-7-12-22(17-21)36-18-20-9-3-2-4-10-20/h2-4,7-14,17H,5-6,15-16,18-19H2,1H3,(H,33,35)/t27-/m1/s1. The summed E-state index contributed by atoms with van der Waals surface area (Å²) in [6.45, 7) is 1.48. The van der Waals surface area contributed by atoms with Gasteiger partial charge in [0.15, 0.2) is 0 Å². The van der Waals surface area contributed by atoms with Gasteiger partial charge in [-0.1, -0.05) is 60.1 Å². The predicted octanol–water partition coefficient (Wildman–Crippen LogP) is 6.68. The molecule has 0 bridgehead atoms. The molecule has 4 rings (SSSR count). The van der Waals surface area contributed by atoms with Crippen LogP contribution in [0.2, 0.25) is 5.02 Å². The van der Waals surface area contributed by atoms with Gasteiger partial charge in [-0.05, 0) is 68.2 Å². The third-order valence-electron chi connectivity index (χ3n) is 6.77. The van der Waals surface area contributed by atoms with Crippen molar-refractivity contribution in [2.75, 3.05) is 20.1 Å². The maximum absolute atomic E-state index is 13.3. The Morgan fingerprint density at radius 2 is 1.81 bits per heavy atom. The highest BCUT2D eigenvalue weighted by atomic mass is 35.5. The summed E-state index contributed by atoms with van der Waals surface area (Å²) in [6, 6.07) is 21.0. The van der Waals surface area contributed by atoms with Crippen molar-refractivity contribution in [1.82, 2.24) is 10.2 Å². The number of ether oxygens (including phenoxy) is 1. The number of piperidine rings is 1. The van der Waals surface area contributed by atoms with Crippen LogP contribution in [0.3, 0.4) is 0 Å². The van der Waals surface area contributed by atoms with Gasteiger partial charge in [0.05, 0.1) is 21.7 Å². The van der Waals surface area contributed by atoms with E-state index < -0.39 is 28.2 Å². The largest absolute Gasteiger partial charge is 0.489 e. The van der Waals surface area contributed by atoms with Crippen LogP contribution in [0.5, 0.6) is 5.75 Å². The Labute approximate surface area is 214 Å². The highest BCUT2D eigenvalue weighted by Gasteiger charge is 2.40. The molecule has 0 aromatic heterocycles. The first-order valence-corrected chi connectivity index (χ1v) is 12.2. The fraction of sp³-hybridized carbons (Fsp3) is 0.321. The van der Waals surface area contributed by atoms with Gasteiger partial charge < -0.3 is 10.1 Å². The Morgan fingerprint density at radius 3 is 2.53 bits per heavy atom. The minimum Gasteiger partial charge on any atom is -0.489 e. The van der Waals surface area contributed by atoms with Crippen molar-refractivity contribution in [1.29, 1.82) is 0 Å². The lowest BCUT2D eigenvalue weighted by molar-refractivity contribution is -0.137. The van der Waals surface area contributed by atoms with E-state index in [1.807, 2.05) is 61.6 Å². The molecule has 1 atom stereocenters. The van der Waals surface area contributed by atoms with Gasteiger partial charge in [-0.2, -0.15) is 13.2 Å². The van der Waals surface area contributed by atoms with Crippen LogP contribution in [0.25, 0.3) is 0 Å². The average molecular weight is 517 g/mol. The van der Waals surface area contributed by atoms with Crippen molar-refractivity contribution in [2.24, 2.45) is 0 Å². The fourth-order valence-corrected chi connectivity index (χ4v) is 5.04. The van der Waals surface area contributed by atoms with Crippen molar-refractivity contribution in [3.63, 3.8) is 0 Å². The Bertz CT molecular complexity index is 1200. The number of amides is 1. The first kappa shape index (κ1) is 26.0. The molecule has 1 amide bonds. The molecule has 8 heteroatoms. The minimum atomic E-state index is -4.64. The van der Waals surface area contributed by atoms with E-state index in [0.29, 0.717) is 12.4 Å². The first-order valence-electron chi connectivity index (χ1n) is 11.8. The number of nitrogens with zero attached hydrogens (tertiary/aromatic N) is 1. The summed E-state index contributed by atoms with van der Waals surface area (Å²) >= 11 is 5.99. The molecule has 1 fully saturated rings. The van der Waals surface area contributed by atoms with Gasteiger partial charge >= 0.3 is 6.18 Å². The third-order valence-corrected chi connectivity index (χ3v) is 7.18. The van der Waals surface area contributed by atoms with Gasteiger partial charge in [-0.25, -0.2) is 0 Å². The van der Waals surface area contributed by atoms with E-state index in [9.17, 15) is 18.0 Å². The Kier molecular flexibility index (Phi) is 7.91. The molecule has 3 aromatic carbocycles. The maximum Gasteiger partial charge on any atom is 0.417 e. The summed E-state index contributed by atoms with van der Waals surface area (Å²) in [5.74, 6) is 0.0721. The summed E-state index contributed by atoms with van der Waals surface area (Å²) < 4.78 is 45.9. The second kappa shape index (κ2) is 10.9. The molecule has 36 heavy (non-hydrogen) atoms. The lowest BCUT2D eigenvalue weighted by Crippen LogP contribution is -2.54. The van der Waals surface area contributed by atoms with Crippen LogP contribution in [0.4, 0.5) is 13.2 Å². The number of halogens is 4. The van der Waals surface area contributed by atoms with Crippen LogP contribution in [0, 0.1) is 0 Å². The molecule has 0 saturated carbocycles. The first-order chi connectivity index (χ1) is 17.2. The molecule has 1 heterocycles. The number of hydrogen-bond donors (Lipinski definition) is 1. The van der Waals surface area contributed by atoms with Crippen molar-refractivity contribution in [2.45, 2.75) is 37.6 Å². The molecule has 1 saturated heterocycles. The minimum absolute atomic E-state index is 0.194. The van der Waals surface area contributed by atoms with Crippen LogP contribution in [-0.4, -0.2) is 30.9 Å². The van der Waals surface area contributed by atoms with Gasteiger partial charge in [-0.3, -0.25) is 9.69 Å². The number of hydrogen-bond acceptors (Lipinski definition) is 3. The lowest BCUT2D eigenvalue weighted by Gasteiger charge is -2.46. The Morgan fingerprint density at radius 1 is 1.06 bits per heavy atom. The van der Waals surface area contributed by atoms with Gasteiger partial charge in [0.25, 0.3) is 5.91 Å². The van der Waals surface area contributed by atoms with Crippen molar-refractivity contribution >= 4 is 17.5 Å². The molecular formula is C28H28ClF3N2O2. The predicted molar refractivity (Wildman–Crippen MR) is 134 cm³/mol. The summed E-state index contributed by atoms with van der Waals surface area (Å²) in [5.41, 5.74) is 0.279. The molecule has 0 unspecified atom stereocenters. The zero-order valence-electron chi connectivity index (χ0n) is 19.9. The van der Waals surface area contributed by atoms with E-state index >= 15 is 0 Å². The molecule has 1 N–H and O–H groups in total. The smallest absolute Gasteiger partial charge is 0.417 e. The number of alkyl halides is 3. The van der Waals surface area contributed by atoms with E-state index in [4.69, 9.17) is 16.3 Å². The third kappa shape index (κ3) is 5.68. The van der Waals surface area contributed by atoms with E-state index in [2.05, 4.69) is 10.2 Å². The molecule has 0 aliphatic carbocycles. The van der Waals surface area contributed by atoms with E-state index in [-0.39, 0.29) is 12.1 Å². The zero-order valence-corrected chi connectivity index (χ0v) is 20.7. The number of nitrogens with one attached hydrogen (secondary N) is 1. The molecule has 190 valence electrons. The second-order valence-corrected chi connectivity index (χ2v) is 9.44. The normalized spacial score (nSPS) is 18.6. The highest BCUT2D eigenvalue weighted by Crippen LogP contribution is 2.39. The summed E-state index contributed by atoms with van der Waals surface area (Å²) in [7, 11) is 2.00. The van der Waals surface area contributed by atoms with E-state index in [1.165, 1.54) is 12.1 Å². The molecule has 3 aromatic rings. The van der Waals surface area contributed by atoms with Crippen LogP contribution in [0.15, 0.2) is 72.8 Å². The van der Waals surface area contributed by atoms with Crippen molar-refractivity contribution < 1.29 is 22.7 Å². The highest BCUT2D eigenvalue weighted by molar-refractivity contribution is 6.34. The van der Waals surface area contributed by atoms with Crippen molar-refractivity contribution in [3.8, 4) is 5.75 Å². The van der Waals surface area contributed by atoms with Crippen LogP contribution < -0.4 is 10.1 Å².